The van der Waals surface area contributed by atoms with E-state index in [1.165, 1.54) is 0 Å². The van der Waals surface area contributed by atoms with Crippen molar-refractivity contribution >= 4 is 28.8 Å². The van der Waals surface area contributed by atoms with Gasteiger partial charge in [-0.15, -0.1) is 0 Å². The number of aliphatic carboxylic acids is 1. The molecule has 22 heavy (non-hydrogen) atoms. The topological polar surface area (TPSA) is 76.3 Å². The molecule has 2 aromatic rings. The van der Waals surface area contributed by atoms with Crippen molar-refractivity contribution in [2.45, 2.75) is 19.0 Å². The van der Waals surface area contributed by atoms with Gasteiger partial charge in [0.1, 0.15) is 6.04 Å². The van der Waals surface area contributed by atoms with E-state index in [1.807, 2.05) is 24.5 Å². The van der Waals surface area contributed by atoms with Crippen molar-refractivity contribution in [2.24, 2.45) is 14.1 Å². The van der Waals surface area contributed by atoms with Crippen LogP contribution in [-0.2, 0) is 25.4 Å². The van der Waals surface area contributed by atoms with Crippen LogP contribution in [0, 0.1) is 0 Å². The van der Waals surface area contributed by atoms with Gasteiger partial charge in [-0.1, -0.05) is 6.07 Å². The van der Waals surface area contributed by atoms with Crippen LogP contribution >= 0.6 is 11.8 Å². The average Bonchev–Trinajstić information content (AvgIpc) is 2.71. The molecule has 7 heteroatoms. The third kappa shape index (κ3) is 3.36. The largest absolute Gasteiger partial charge is 0.480 e. The molecule has 0 saturated heterocycles. The molecule has 0 bridgehead atoms. The van der Waals surface area contributed by atoms with Gasteiger partial charge in [0, 0.05) is 20.6 Å². The molecule has 1 unspecified atom stereocenters. The Morgan fingerprint density at radius 1 is 1.32 bits per heavy atom. The second kappa shape index (κ2) is 7.02. The average molecular weight is 323 g/mol. The van der Waals surface area contributed by atoms with Gasteiger partial charge in [-0.25, -0.2) is 4.79 Å². The summed E-state index contributed by atoms with van der Waals surface area (Å²) in [5.74, 6) is -0.0295. The van der Waals surface area contributed by atoms with Gasteiger partial charge in [-0.05, 0) is 36.1 Å². The number of carboxylic acids is 1. The van der Waals surface area contributed by atoms with E-state index in [0.29, 0.717) is 13.0 Å². The van der Waals surface area contributed by atoms with Crippen molar-refractivity contribution in [2.75, 3.05) is 12.0 Å². The number of benzene rings is 1. The molecule has 6 nitrogen and oxygen atoms in total. The van der Waals surface area contributed by atoms with E-state index < -0.39 is 12.0 Å². The zero-order valence-corrected chi connectivity index (χ0v) is 13.8. The minimum absolute atomic E-state index is 0.0662. The summed E-state index contributed by atoms with van der Waals surface area (Å²) in [6.45, 7) is 0.463. The number of imidazole rings is 1. The van der Waals surface area contributed by atoms with Gasteiger partial charge in [-0.3, -0.25) is 13.9 Å². The fraction of sp³-hybridized carbons (Fsp3) is 0.467. The van der Waals surface area contributed by atoms with E-state index in [9.17, 15) is 14.7 Å². The van der Waals surface area contributed by atoms with Gasteiger partial charge in [0.2, 0.25) is 0 Å². The lowest BCUT2D eigenvalue weighted by Gasteiger charge is -2.14. The Morgan fingerprint density at radius 3 is 2.64 bits per heavy atom. The van der Waals surface area contributed by atoms with Crippen molar-refractivity contribution in [3.63, 3.8) is 0 Å². The molecule has 1 heterocycles. The van der Waals surface area contributed by atoms with Crippen LogP contribution in [0.3, 0.4) is 0 Å². The summed E-state index contributed by atoms with van der Waals surface area (Å²) < 4.78 is 3.20. The van der Waals surface area contributed by atoms with Crippen LogP contribution in [0.2, 0.25) is 0 Å². The molecular weight excluding hydrogens is 302 g/mol. The van der Waals surface area contributed by atoms with Crippen LogP contribution in [0.25, 0.3) is 11.0 Å². The Labute approximate surface area is 133 Å². The molecule has 0 saturated carbocycles. The molecule has 0 aliphatic carbocycles. The highest BCUT2D eigenvalue weighted by Crippen LogP contribution is 2.14. The smallest absolute Gasteiger partial charge is 0.328 e. The highest BCUT2D eigenvalue weighted by atomic mass is 32.2. The maximum Gasteiger partial charge on any atom is 0.328 e. The maximum absolute atomic E-state index is 11.9. The number of hydrogen-bond donors (Lipinski definition) is 2. The number of rotatable bonds is 7. The maximum atomic E-state index is 11.9. The summed E-state index contributed by atoms with van der Waals surface area (Å²) in [6, 6.07) is 5.19. The monoisotopic (exact) mass is 323 g/mol. The first kappa shape index (κ1) is 16.6. The minimum Gasteiger partial charge on any atom is -0.480 e. The number of hydrogen-bond acceptors (Lipinski definition) is 4. The third-order valence-electron chi connectivity index (χ3n) is 3.80. The molecule has 0 aliphatic rings. The first-order valence-corrected chi connectivity index (χ1v) is 8.44. The summed E-state index contributed by atoms with van der Waals surface area (Å²) in [6.07, 6.45) is 2.55. The summed E-state index contributed by atoms with van der Waals surface area (Å²) in [5, 5.41) is 12.3. The van der Waals surface area contributed by atoms with E-state index in [1.54, 1.807) is 35.0 Å². The fourth-order valence-electron chi connectivity index (χ4n) is 2.45. The van der Waals surface area contributed by atoms with Crippen molar-refractivity contribution in [1.82, 2.24) is 14.5 Å². The SMILES string of the molecule is CSCCC(NCc1ccc2c(c1)n(C)c(=O)n2C)C(=O)O. The van der Waals surface area contributed by atoms with Crippen LogP contribution in [0.15, 0.2) is 23.0 Å². The van der Waals surface area contributed by atoms with Crippen LogP contribution in [-0.4, -0.2) is 38.3 Å². The number of carboxylic acid groups (broad SMARTS) is 1. The normalized spacial score (nSPS) is 12.7. The summed E-state index contributed by atoms with van der Waals surface area (Å²) in [4.78, 5) is 23.1. The second-order valence-electron chi connectivity index (χ2n) is 5.28. The molecule has 0 spiro atoms. The zero-order chi connectivity index (χ0) is 16.3. The quantitative estimate of drug-likeness (QED) is 0.800. The molecule has 1 aromatic heterocycles. The molecule has 120 valence electrons. The van der Waals surface area contributed by atoms with Crippen molar-refractivity contribution in [3.05, 3.63) is 34.2 Å². The van der Waals surface area contributed by atoms with Crippen LogP contribution in [0.1, 0.15) is 12.0 Å². The van der Waals surface area contributed by atoms with E-state index >= 15 is 0 Å². The number of carbonyl (C=O) groups is 1. The highest BCUT2D eigenvalue weighted by Gasteiger charge is 2.16. The van der Waals surface area contributed by atoms with Crippen LogP contribution < -0.4 is 11.0 Å². The number of nitrogens with zero attached hydrogens (tertiary/aromatic N) is 2. The van der Waals surface area contributed by atoms with E-state index in [0.717, 1.165) is 22.3 Å². The standard InChI is InChI=1S/C15H21N3O3S/c1-17-12-5-4-10(8-13(12)18(2)15(17)21)9-16-11(14(19)20)6-7-22-3/h4-5,8,11,16H,6-7,9H2,1-3H3,(H,19,20). The Bertz CT molecular complexity index is 735. The van der Waals surface area contributed by atoms with E-state index in [4.69, 9.17) is 0 Å². The number of aryl methyl sites for hydroxylation is 2. The number of thioether (sulfide) groups is 1. The van der Waals surface area contributed by atoms with Crippen molar-refractivity contribution in [1.29, 1.82) is 0 Å². The molecule has 1 aromatic carbocycles. The van der Waals surface area contributed by atoms with Gasteiger partial charge in [0.15, 0.2) is 0 Å². The Kier molecular flexibility index (Phi) is 5.31. The molecule has 0 aliphatic heterocycles. The molecule has 2 N–H and O–H groups in total. The van der Waals surface area contributed by atoms with Gasteiger partial charge in [-0.2, -0.15) is 11.8 Å². The molecule has 0 fully saturated rings. The second-order valence-corrected chi connectivity index (χ2v) is 6.26. The van der Waals surface area contributed by atoms with Gasteiger partial charge in [0.25, 0.3) is 0 Å². The summed E-state index contributed by atoms with van der Waals surface area (Å²) in [7, 11) is 3.48. The molecular formula is C15H21N3O3S. The molecule has 1 atom stereocenters. The minimum atomic E-state index is -0.831. The lowest BCUT2D eigenvalue weighted by atomic mass is 10.1. The zero-order valence-electron chi connectivity index (χ0n) is 13.0. The predicted molar refractivity (Wildman–Crippen MR) is 89.4 cm³/mol. The number of nitrogens with one attached hydrogen (secondary N) is 1. The lowest BCUT2D eigenvalue weighted by molar-refractivity contribution is -0.139. The van der Waals surface area contributed by atoms with Crippen LogP contribution in [0.4, 0.5) is 0 Å². The fourth-order valence-corrected chi connectivity index (χ4v) is 2.92. The first-order chi connectivity index (χ1) is 10.5. The molecule has 2 rings (SSSR count). The van der Waals surface area contributed by atoms with Gasteiger partial charge < -0.3 is 10.4 Å². The first-order valence-electron chi connectivity index (χ1n) is 7.05. The van der Waals surface area contributed by atoms with Gasteiger partial charge in [0.05, 0.1) is 11.0 Å². The molecule has 0 amide bonds. The molecule has 0 radical (unpaired) electrons. The Hall–Kier alpha value is -1.73. The highest BCUT2D eigenvalue weighted by molar-refractivity contribution is 7.98. The predicted octanol–water partition coefficient (Wildman–Crippen LogP) is 1.17. The Balaban J connectivity index is 2.16. The summed E-state index contributed by atoms with van der Waals surface area (Å²) >= 11 is 1.63. The van der Waals surface area contributed by atoms with Crippen molar-refractivity contribution in [3.8, 4) is 0 Å². The van der Waals surface area contributed by atoms with E-state index in [2.05, 4.69) is 5.32 Å². The lowest BCUT2D eigenvalue weighted by Crippen LogP contribution is -2.36. The van der Waals surface area contributed by atoms with Crippen LogP contribution in [0.5, 0.6) is 0 Å². The summed E-state index contributed by atoms with van der Waals surface area (Å²) in [5.41, 5.74) is 2.61. The third-order valence-corrected chi connectivity index (χ3v) is 4.44. The Morgan fingerprint density at radius 2 is 2.00 bits per heavy atom. The number of fused-ring (bicyclic) bond motifs is 1. The number of aromatic nitrogens is 2. The van der Waals surface area contributed by atoms with Gasteiger partial charge >= 0.3 is 11.7 Å². The van der Waals surface area contributed by atoms with Crippen molar-refractivity contribution < 1.29 is 9.90 Å². The van der Waals surface area contributed by atoms with E-state index in [-0.39, 0.29) is 5.69 Å².